The first-order valence-corrected chi connectivity index (χ1v) is 7.24. The molecule has 2 atom stereocenters. The molecule has 5 nitrogen and oxygen atoms in total. The summed E-state index contributed by atoms with van der Waals surface area (Å²) in [5.41, 5.74) is 5.77. The lowest BCUT2D eigenvalue weighted by Crippen LogP contribution is -2.49. The molecule has 2 aromatic rings. The average molecular weight is 287 g/mol. The smallest absolute Gasteiger partial charge is 0.136 e. The zero-order valence-electron chi connectivity index (χ0n) is 12.5. The Balaban J connectivity index is 1.99. The SMILES string of the molecule is COc1ccc2c(N3CC(C)OC(CN)C3)nccc2c1. The number of nitrogens with zero attached hydrogens (tertiary/aromatic N) is 2. The molecule has 2 heterocycles. The van der Waals surface area contributed by atoms with E-state index in [0.717, 1.165) is 35.4 Å². The quantitative estimate of drug-likeness (QED) is 0.932. The van der Waals surface area contributed by atoms with E-state index in [4.69, 9.17) is 15.2 Å². The lowest BCUT2D eigenvalue weighted by molar-refractivity contribution is -0.0106. The number of nitrogens with two attached hydrogens (primary N) is 1. The van der Waals surface area contributed by atoms with Crippen molar-refractivity contribution < 1.29 is 9.47 Å². The summed E-state index contributed by atoms with van der Waals surface area (Å²) in [5.74, 6) is 1.85. The number of hydrogen-bond donors (Lipinski definition) is 1. The van der Waals surface area contributed by atoms with Crippen LogP contribution in [0.4, 0.5) is 5.82 Å². The van der Waals surface area contributed by atoms with Crippen molar-refractivity contribution in [3.63, 3.8) is 0 Å². The fourth-order valence-electron chi connectivity index (χ4n) is 2.87. The van der Waals surface area contributed by atoms with Crippen molar-refractivity contribution in [3.8, 4) is 5.75 Å². The maximum Gasteiger partial charge on any atom is 0.136 e. The van der Waals surface area contributed by atoms with Crippen molar-refractivity contribution in [3.05, 3.63) is 30.5 Å². The van der Waals surface area contributed by atoms with E-state index in [2.05, 4.69) is 22.9 Å². The van der Waals surface area contributed by atoms with Crippen molar-refractivity contribution in [1.82, 2.24) is 4.98 Å². The van der Waals surface area contributed by atoms with E-state index in [1.807, 2.05) is 24.4 Å². The van der Waals surface area contributed by atoms with Crippen LogP contribution in [-0.4, -0.2) is 43.9 Å². The van der Waals surface area contributed by atoms with Crippen molar-refractivity contribution >= 4 is 16.6 Å². The van der Waals surface area contributed by atoms with Crippen LogP contribution in [0.3, 0.4) is 0 Å². The molecule has 5 heteroatoms. The first kappa shape index (κ1) is 14.1. The number of methoxy groups -OCH3 is 1. The maximum atomic E-state index is 5.82. The molecule has 21 heavy (non-hydrogen) atoms. The lowest BCUT2D eigenvalue weighted by atomic mass is 10.1. The van der Waals surface area contributed by atoms with Crippen LogP contribution in [-0.2, 0) is 4.74 Å². The molecular weight excluding hydrogens is 266 g/mol. The van der Waals surface area contributed by atoms with E-state index in [-0.39, 0.29) is 12.2 Å². The number of fused-ring (bicyclic) bond motifs is 1. The van der Waals surface area contributed by atoms with Crippen molar-refractivity contribution in [2.75, 3.05) is 31.6 Å². The van der Waals surface area contributed by atoms with Crippen LogP contribution in [0.15, 0.2) is 30.5 Å². The monoisotopic (exact) mass is 287 g/mol. The van der Waals surface area contributed by atoms with Crippen LogP contribution < -0.4 is 15.4 Å². The van der Waals surface area contributed by atoms with Crippen LogP contribution in [0.2, 0.25) is 0 Å². The van der Waals surface area contributed by atoms with Gasteiger partial charge in [-0.05, 0) is 36.6 Å². The predicted molar refractivity (Wildman–Crippen MR) is 83.9 cm³/mol. The van der Waals surface area contributed by atoms with Crippen LogP contribution in [0.5, 0.6) is 5.75 Å². The highest BCUT2D eigenvalue weighted by Crippen LogP contribution is 2.29. The van der Waals surface area contributed by atoms with E-state index >= 15 is 0 Å². The summed E-state index contributed by atoms with van der Waals surface area (Å²) in [5, 5.41) is 2.26. The molecule has 0 aliphatic carbocycles. The minimum Gasteiger partial charge on any atom is -0.497 e. The predicted octanol–water partition coefficient (Wildman–Crippen LogP) is 1.80. The molecule has 1 aromatic carbocycles. The largest absolute Gasteiger partial charge is 0.497 e. The maximum absolute atomic E-state index is 5.82. The molecule has 1 aromatic heterocycles. The van der Waals surface area contributed by atoms with Gasteiger partial charge in [0, 0.05) is 31.2 Å². The lowest BCUT2D eigenvalue weighted by Gasteiger charge is -2.37. The summed E-state index contributed by atoms with van der Waals surface area (Å²) in [7, 11) is 1.68. The Hall–Kier alpha value is -1.85. The fraction of sp³-hybridized carbons (Fsp3) is 0.438. The van der Waals surface area contributed by atoms with Crippen molar-refractivity contribution in [1.29, 1.82) is 0 Å². The van der Waals surface area contributed by atoms with E-state index in [0.29, 0.717) is 6.54 Å². The Morgan fingerprint density at radius 3 is 3.00 bits per heavy atom. The van der Waals surface area contributed by atoms with Gasteiger partial charge in [-0.3, -0.25) is 0 Å². The van der Waals surface area contributed by atoms with E-state index in [1.54, 1.807) is 7.11 Å². The molecule has 0 saturated carbocycles. The molecule has 112 valence electrons. The number of hydrogen-bond acceptors (Lipinski definition) is 5. The van der Waals surface area contributed by atoms with Crippen LogP contribution in [0.1, 0.15) is 6.92 Å². The van der Waals surface area contributed by atoms with Gasteiger partial charge in [0.25, 0.3) is 0 Å². The highest BCUT2D eigenvalue weighted by atomic mass is 16.5. The number of benzene rings is 1. The molecule has 3 rings (SSSR count). The van der Waals surface area contributed by atoms with Crippen LogP contribution >= 0.6 is 0 Å². The molecule has 1 aliphatic heterocycles. The highest BCUT2D eigenvalue weighted by Gasteiger charge is 2.26. The molecule has 2 N–H and O–H groups in total. The second kappa shape index (κ2) is 5.87. The molecule has 1 saturated heterocycles. The molecule has 1 fully saturated rings. The van der Waals surface area contributed by atoms with Gasteiger partial charge in [-0.25, -0.2) is 4.98 Å². The van der Waals surface area contributed by atoms with E-state index < -0.39 is 0 Å². The van der Waals surface area contributed by atoms with Gasteiger partial charge in [0.1, 0.15) is 11.6 Å². The van der Waals surface area contributed by atoms with Crippen molar-refractivity contribution in [2.45, 2.75) is 19.1 Å². The summed E-state index contributed by atoms with van der Waals surface area (Å²) in [6.45, 7) is 4.20. The number of ether oxygens (including phenoxy) is 2. The Bertz CT molecular complexity index is 632. The highest BCUT2D eigenvalue weighted by molar-refractivity contribution is 5.93. The zero-order chi connectivity index (χ0) is 14.8. The number of aromatic nitrogens is 1. The molecule has 0 spiro atoms. The van der Waals surface area contributed by atoms with Crippen molar-refractivity contribution in [2.24, 2.45) is 5.73 Å². The number of anilines is 1. The molecule has 0 radical (unpaired) electrons. The first-order valence-electron chi connectivity index (χ1n) is 7.24. The first-order chi connectivity index (χ1) is 10.2. The summed E-state index contributed by atoms with van der Waals surface area (Å²) in [4.78, 5) is 6.84. The summed E-state index contributed by atoms with van der Waals surface area (Å²) < 4.78 is 11.1. The molecule has 1 aliphatic rings. The topological polar surface area (TPSA) is 60.6 Å². The van der Waals surface area contributed by atoms with Gasteiger partial charge in [0.15, 0.2) is 0 Å². The Morgan fingerprint density at radius 1 is 1.38 bits per heavy atom. The van der Waals surface area contributed by atoms with Gasteiger partial charge in [-0.15, -0.1) is 0 Å². The fourth-order valence-corrected chi connectivity index (χ4v) is 2.87. The summed E-state index contributed by atoms with van der Waals surface area (Å²) >= 11 is 0. The second-order valence-corrected chi connectivity index (χ2v) is 5.43. The normalized spacial score (nSPS) is 22.5. The van der Waals surface area contributed by atoms with Gasteiger partial charge in [-0.2, -0.15) is 0 Å². The minimum absolute atomic E-state index is 0.0593. The van der Waals surface area contributed by atoms with Gasteiger partial charge in [0.2, 0.25) is 0 Å². The van der Waals surface area contributed by atoms with Crippen LogP contribution in [0.25, 0.3) is 10.8 Å². The third-order valence-electron chi connectivity index (χ3n) is 3.84. The average Bonchev–Trinajstić information content (AvgIpc) is 2.53. The standard InChI is InChI=1S/C16H21N3O2/c1-11-9-19(10-14(8-17)21-11)16-15-4-3-13(20-2)7-12(15)5-6-18-16/h3-7,11,14H,8-10,17H2,1-2H3. The van der Waals surface area contributed by atoms with E-state index in [9.17, 15) is 0 Å². The van der Waals surface area contributed by atoms with Crippen LogP contribution in [0, 0.1) is 0 Å². The number of rotatable bonds is 3. The van der Waals surface area contributed by atoms with Gasteiger partial charge >= 0.3 is 0 Å². The minimum atomic E-state index is 0.0593. The third kappa shape index (κ3) is 2.80. The van der Waals surface area contributed by atoms with Gasteiger partial charge in [-0.1, -0.05) is 0 Å². The molecule has 0 bridgehead atoms. The number of pyridine rings is 1. The Kier molecular flexibility index (Phi) is 3.94. The molecule has 2 unspecified atom stereocenters. The van der Waals surface area contributed by atoms with Gasteiger partial charge < -0.3 is 20.1 Å². The number of morpholine rings is 1. The summed E-state index contributed by atoms with van der Waals surface area (Å²) in [6.07, 6.45) is 2.06. The molecular formula is C16H21N3O2. The van der Waals surface area contributed by atoms with E-state index in [1.165, 1.54) is 0 Å². The third-order valence-corrected chi connectivity index (χ3v) is 3.84. The summed E-state index contributed by atoms with van der Waals surface area (Å²) in [6, 6.07) is 8.07. The Labute approximate surface area is 124 Å². The Morgan fingerprint density at radius 2 is 2.24 bits per heavy atom. The second-order valence-electron chi connectivity index (χ2n) is 5.43. The molecule has 0 amide bonds. The zero-order valence-corrected chi connectivity index (χ0v) is 12.5. The van der Waals surface area contributed by atoms with Gasteiger partial charge in [0.05, 0.1) is 19.3 Å².